The van der Waals surface area contributed by atoms with Crippen molar-refractivity contribution in [1.82, 2.24) is 30.4 Å². The number of nitrogens with zero attached hydrogens (tertiary/aromatic N) is 4. The summed E-state index contributed by atoms with van der Waals surface area (Å²) in [5.74, 6) is -4.27. The molecule has 2 amide bonds. The molecule has 0 radical (unpaired) electrons. The fraction of sp³-hybridized carbons (Fsp3) is 0.593. The number of carbonyl (C=O) groups excluding carboxylic acids is 2. The summed E-state index contributed by atoms with van der Waals surface area (Å²) in [5.41, 5.74) is 1.82. The normalized spacial score (nSPS) is 19.0. The highest BCUT2D eigenvalue weighted by Crippen LogP contribution is 2.43. The second-order valence-electron chi connectivity index (χ2n) is 11.0. The molecule has 0 spiro atoms. The lowest BCUT2D eigenvalue weighted by molar-refractivity contribution is -0.144. The Balaban J connectivity index is 1.39. The van der Waals surface area contributed by atoms with Gasteiger partial charge in [0.2, 0.25) is 11.8 Å². The molecule has 42 heavy (non-hydrogen) atoms. The van der Waals surface area contributed by atoms with Gasteiger partial charge in [0.15, 0.2) is 5.65 Å². The monoisotopic (exact) mass is 598 g/mol. The molecule has 15 heteroatoms. The Kier molecular flexibility index (Phi) is 8.49. The van der Waals surface area contributed by atoms with Gasteiger partial charge >= 0.3 is 6.18 Å². The van der Waals surface area contributed by atoms with E-state index in [0.29, 0.717) is 16.9 Å². The number of hydrogen-bond acceptors (Lipinski definition) is 7. The SMILES string of the molecule is COCc1nocc1C(=O)N[C@H](c1cn2ncc(C(NC(=O)CCC(F)(F)F)C3CC3)cc2n1)C1CCC(F)(F)CC1. The lowest BCUT2D eigenvalue weighted by atomic mass is 9.81. The molecule has 2 atom stereocenters. The van der Waals surface area contributed by atoms with Crippen molar-refractivity contribution in [2.75, 3.05) is 7.11 Å². The zero-order valence-corrected chi connectivity index (χ0v) is 22.8. The fourth-order valence-electron chi connectivity index (χ4n) is 5.37. The molecule has 3 aromatic rings. The van der Waals surface area contributed by atoms with Crippen molar-refractivity contribution in [3.8, 4) is 0 Å². The lowest BCUT2D eigenvalue weighted by Crippen LogP contribution is -2.37. The van der Waals surface area contributed by atoms with Gasteiger partial charge in [-0.15, -0.1) is 0 Å². The van der Waals surface area contributed by atoms with Crippen molar-refractivity contribution in [1.29, 1.82) is 0 Å². The number of halogens is 5. The summed E-state index contributed by atoms with van der Waals surface area (Å²) >= 11 is 0. The summed E-state index contributed by atoms with van der Waals surface area (Å²) in [7, 11) is 1.45. The van der Waals surface area contributed by atoms with E-state index >= 15 is 0 Å². The predicted molar refractivity (Wildman–Crippen MR) is 136 cm³/mol. The van der Waals surface area contributed by atoms with Gasteiger partial charge in [-0.2, -0.15) is 18.3 Å². The third-order valence-corrected chi connectivity index (χ3v) is 7.77. The molecule has 2 N–H and O–H groups in total. The van der Waals surface area contributed by atoms with Gasteiger partial charge < -0.3 is 19.9 Å². The van der Waals surface area contributed by atoms with Crippen LogP contribution in [-0.2, 0) is 16.1 Å². The minimum atomic E-state index is -4.43. The highest BCUT2D eigenvalue weighted by Gasteiger charge is 2.40. The van der Waals surface area contributed by atoms with Gasteiger partial charge in [-0.1, -0.05) is 5.16 Å². The maximum Gasteiger partial charge on any atom is 0.389 e. The molecule has 228 valence electrons. The van der Waals surface area contributed by atoms with Crippen molar-refractivity contribution in [2.24, 2.45) is 11.8 Å². The first-order chi connectivity index (χ1) is 19.9. The van der Waals surface area contributed by atoms with E-state index < -0.39 is 48.8 Å². The number of methoxy groups -OCH3 is 1. The minimum absolute atomic E-state index is 0.0372. The van der Waals surface area contributed by atoms with Crippen LogP contribution in [0.5, 0.6) is 0 Å². The van der Waals surface area contributed by atoms with Crippen LogP contribution >= 0.6 is 0 Å². The minimum Gasteiger partial charge on any atom is -0.378 e. The Bertz CT molecular complexity index is 1410. The zero-order chi connectivity index (χ0) is 30.1. The summed E-state index contributed by atoms with van der Waals surface area (Å²) in [6, 6.07) is 0.436. The maximum atomic E-state index is 14.0. The van der Waals surface area contributed by atoms with Crippen LogP contribution in [0.3, 0.4) is 0 Å². The molecule has 2 fully saturated rings. The molecule has 2 saturated carbocycles. The predicted octanol–water partition coefficient (Wildman–Crippen LogP) is 5.07. The number of carbonyl (C=O) groups is 2. The molecule has 5 rings (SSSR count). The number of nitrogens with one attached hydrogen (secondary N) is 2. The van der Waals surface area contributed by atoms with Crippen molar-refractivity contribution >= 4 is 17.5 Å². The standard InChI is InChI=1S/C27H31F5N6O4/c1-41-14-20-18(13-42-37-20)25(40)36-24(16-4-7-26(28,29)8-5-16)19-12-38-21(34-19)10-17(11-33-38)23(15-2-3-15)35-22(39)6-9-27(30,31)32/h10-13,15-16,23-24H,2-9,14H2,1H3,(H,35,39)(H,36,40)/t23?,24-/m0/s1. The molecule has 0 saturated heterocycles. The molecule has 10 nitrogen and oxygen atoms in total. The van der Waals surface area contributed by atoms with Gasteiger partial charge in [0.05, 0.1) is 43.2 Å². The zero-order valence-electron chi connectivity index (χ0n) is 22.8. The summed E-state index contributed by atoms with van der Waals surface area (Å²) in [6.07, 6.45) is -0.699. The third-order valence-electron chi connectivity index (χ3n) is 7.77. The van der Waals surface area contributed by atoms with Gasteiger partial charge in [-0.3, -0.25) is 9.59 Å². The van der Waals surface area contributed by atoms with Crippen LogP contribution < -0.4 is 10.6 Å². The first-order valence-corrected chi connectivity index (χ1v) is 13.7. The van der Waals surface area contributed by atoms with Gasteiger partial charge in [0.1, 0.15) is 17.5 Å². The van der Waals surface area contributed by atoms with Gasteiger partial charge in [-0.25, -0.2) is 18.3 Å². The summed E-state index contributed by atoms with van der Waals surface area (Å²) in [6.45, 7) is 0.0372. The Morgan fingerprint density at radius 2 is 1.86 bits per heavy atom. The number of hydrogen-bond donors (Lipinski definition) is 2. The second kappa shape index (κ2) is 11.9. The van der Waals surface area contributed by atoms with Gasteiger partial charge in [-0.05, 0) is 49.1 Å². The first kappa shape index (κ1) is 29.9. The van der Waals surface area contributed by atoms with Crippen LogP contribution in [0.1, 0.15) is 90.8 Å². The van der Waals surface area contributed by atoms with Crippen molar-refractivity contribution in [2.45, 2.75) is 82.2 Å². The third kappa shape index (κ3) is 7.23. The second-order valence-corrected chi connectivity index (χ2v) is 11.0. The van der Waals surface area contributed by atoms with Crippen molar-refractivity contribution in [3.05, 3.63) is 47.2 Å². The largest absolute Gasteiger partial charge is 0.389 e. The van der Waals surface area contributed by atoms with Crippen LogP contribution in [0, 0.1) is 11.8 Å². The van der Waals surface area contributed by atoms with E-state index in [0.717, 1.165) is 12.8 Å². The molecule has 1 unspecified atom stereocenters. The highest BCUT2D eigenvalue weighted by atomic mass is 19.4. The van der Waals surface area contributed by atoms with E-state index in [2.05, 4.69) is 25.9 Å². The molecule has 0 aromatic carbocycles. The number of amides is 2. The molecule has 3 aromatic heterocycles. The number of ether oxygens (including phenoxy) is 1. The molecule has 2 aliphatic rings. The van der Waals surface area contributed by atoms with Crippen LogP contribution in [0.25, 0.3) is 5.65 Å². The summed E-state index contributed by atoms with van der Waals surface area (Å²) in [5, 5.41) is 13.8. The van der Waals surface area contributed by atoms with Crippen LogP contribution in [0.4, 0.5) is 22.0 Å². The van der Waals surface area contributed by atoms with E-state index in [-0.39, 0.29) is 55.4 Å². The number of rotatable bonds is 11. The number of aromatic nitrogens is 4. The van der Waals surface area contributed by atoms with Crippen molar-refractivity contribution < 1.29 is 40.8 Å². The quantitative estimate of drug-likeness (QED) is 0.296. The smallest absolute Gasteiger partial charge is 0.378 e. The van der Waals surface area contributed by atoms with E-state index in [1.807, 2.05) is 0 Å². The number of fused-ring (bicyclic) bond motifs is 1. The molecular formula is C27H31F5N6O4. The first-order valence-electron chi connectivity index (χ1n) is 13.7. The summed E-state index contributed by atoms with van der Waals surface area (Å²) in [4.78, 5) is 30.2. The lowest BCUT2D eigenvalue weighted by Gasteiger charge is -2.33. The Morgan fingerprint density at radius 3 is 2.52 bits per heavy atom. The van der Waals surface area contributed by atoms with Gasteiger partial charge in [0.25, 0.3) is 5.91 Å². The van der Waals surface area contributed by atoms with Crippen LogP contribution in [0.15, 0.2) is 29.2 Å². The summed E-state index contributed by atoms with van der Waals surface area (Å²) < 4.78 is 77.2. The van der Waals surface area contributed by atoms with Gasteiger partial charge in [0, 0.05) is 26.4 Å². The Labute approximate surface area is 237 Å². The van der Waals surface area contributed by atoms with E-state index in [9.17, 15) is 31.5 Å². The molecule has 2 aliphatic carbocycles. The molecule has 3 heterocycles. The van der Waals surface area contributed by atoms with Crippen LogP contribution in [-0.4, -0.2) is 50.8 Å². The molecule has 0 aliphatic heterocycles. The number of alkyl halides is 5. The highest BCUT2D eigenvalue weighted by molar-refractivity contribution is 5.95. The van der Waals surface area contributed by atoms with Crippen LogP contribution in [0.2, 0.25) is 0 Å². The Morgan fingerprint density at radius 1 is 1.14 bits per heavy atom. The fourth-order valence-corrected chi connectivity index (χ4v) is 5.37. The van der Waals surface area contributed by atoms with E-state index in [4.69, 9.17) is 9.26 Å². The maximum absolute atomic E-state index is 14.0. The molecular weight excluding hydrogens is 567 g/mol. The topological polar surface area (TPSA) is 124 Å². The average molecular weight is 599 g/mol. The van der Waals surface area contributed by atoms with E-state index in [1.165, 1.54) is 24.1 Å². The number of imidazole rings is 1. The van der Waals surface area contributed by atoms with Crippen molar-refractivity contribution in [3.63, 3.8) is 0 Å². The Hall–Kier alpha value is -3.62. The average Bonchev–Trinajstić information content (AvgIpc) is 3.51. The van der Waals surface area contributed by atoms with E-state index in [1.54, 1.807) is 12.3 Å². The molecule has 0 bridgehead atoms.